The molecule has 1 aliphatic rings. The predicted octanol–water partition coefficient (Wildman–Crippen LogP) is 2.64. The van der Waals surface area contributed by atoms with Crippen molar-refractivity contribution in [1.82, 2.24) is 4.72 Å². The van der Waals surface area contributed by atoms with Gasteiger partial charge in [0.05, 0.1) is 9.82 Å². The maximum Gasteiger partial charge on any atom is 0.274 e. The highest BCUT2D eigenvalue weighted by Gasteiger charge is 2.37. The number of nitro groups is 1. The Bertz CT molecular complexity index is 705. The van der Waals surface area contributed by atoms with Crippen LogP contribution in [0, 0.1) is 17.0 Å². The zero-order valence-corrected chi connectivity index (χ0v) is 15.8. The lowest BCUT2D eigenvalue weighted by atomic mass is 10.0. The first-order valence-electron chi connectivity index (χ1n) is 6.89. The second kappa shape index (κ2) is 7.43. The van der Waals surface area contributed by atoms with Crippen molar-refractivity contribution in [1.29, 1.82) is 0 Å². The van der Waals surface area contributed by atoms with Crippen LogP contribution < -0.4 is 10.5 Å². The molecule has 1 aromatic carbocycles. The number of rotatable bonds is 5. The highest BCUT2D eigenvalue weighted by Crippen LogP contribution is 2.33. The van der Waals surface area contributed by atoms with E-state index in [1.807, 2.05) is 0 Å². The SMILES string of the molecule is Cc1c(Br)cc(S(=O)(=O)NC2(CN)CCCC2)cc1[N+](=O)[O-].Cl. The van der Waals surface area contributed by atoms with Gasteiger partial charge in [0.15, 0.2) is 0 Å². The zero-order valence-electron chi connectivity index (χ0n) is 12.5. The molecule has 130 valence electrons. The van der Waals surface area contributed by atoms with Crippen LogP contribution in [0.5, 0.6) is 0 Å². The fourth-order valence-corrected chi connectivity index (χ4v) is 4.84. The number of nitrogens with one attached hydrogen (secondary N) is 1. The summed E-state index contributed by atoms with van der Waals surface area (Å²) in [4.78, 5) is 10.3. The standard InChI is InChI=1S/C13H18BrN3O4S.ClH/c1-9-11(14)6-10(7-12(9)17(18)19)22(20,21)16-13(8-15)4-2-3-5-13;/h6-7,16H,2-5,8,15H2,1H3;1H. The van der Waals surface area contributed by atoms with Crippen LogP contribution >= 0.6 is 28.3 Å². The van der Waals surface area contributed by atoms with Crippen LogP contribution in [0.15, 0.2) is 21.5 Å². The monoisotopic (exact) mass is 427 g/mol. The van der Waals surface area contributed by atoms with E-state index in [1.165, 1.54) is 6.07 Å². The summed E-state index contributed by atoms with van der Waals surface area (Å²) >= 11 is 3.18. The van der Waals surface area contributed by atoms with Crippen molar-refractivity contribution < 1.29 is 13.3 Å². The van der Waals surface area contributed by atoms with Gasteiger partial charge in [0.2, 0.25) is 10.0 Å². The van der Waals surface area contributed by atoms with Crippen molar-refractivity contribution in [3.63, 3.8) is 0 Å². The highest BCUT2D eigenvalue weighted by molar-refractivity contribution is 9.10. The Morgan fingerprint density at radius 1 is 1.39 bits per heavy atom. The van der Waals surface area contributed by atoms with Crippen LogP contribution in [0.25, 0.3) is 0 Å². The Labute approximate surface area is 149 Å². The lowest BCUT2D eigenvalue weighted by Crippen LogP contribution is -2.51. The van der Waals surface area contributed by atoms with E-state index in [0.717, 1.165) is 18.9 Å². The number of nitrogens with two attached hydrogens (primary N) is 1. The van der Waals surface area contributed by atoms with Gasteiger partial charge in [-0.05, 0) is 25.8 Å². The minimum atomic E-state index is -3.87. The third-order valence-electron chi connectivity index (χ3n) is 4.10. The molecule has 0 spiro atoms. The molecule has 1 aliphatic carbocycles. The molecule has 0 saturated heterocycles. The number of sulfonamides is 1. The molecule has 23 heavy (non-hydrogen) atoms. The molecule has 0 radical (unpaired) electrons. The van der Waals surface area contributed by atoms with Gasteiger partial charge in [0.1, 0.15) is 0 Å². The average Bonchev–Trinajstić information content (AvgIpc) is 2.89. The van der Waals surface area contributed by atoms with Gasteiger partial charge < -0.3 is 5.73 Å². The van der Waals surface area contributed by atoms with Gasteiger partial charge in [-0.1, -0.05) is 28.8 Å². The highest BCUT2D eigenvalue weighted by atomic mass is 79.9. The fourth-order valence-electron chi connectivity index (χ4n) is 2.73. The van der Waals surface area contributed by atoms with Gasteiger partial charge in [0.25, 0.3) is 5.69 Å². The van der Waals surface area contributed by atoms with Crippen molar-refractivity contribution >= 4 is 44.0 Å². The van der Waals surface area contributed by atoms with E-state index in [1.54, 1.807) is 6.92 Å². The summed E-state index contributed by atoms with van der Waals surface area (Å²) in [6.07, 6.45) is 3.19. The van der Waals surface area contributed by atoms with E-state index >= 15 is 0 Å². The van der Waals surface area contributed by atoms with Gasteiger partial charge in [0, 0.05) is 28.2 Å². The summed E-state index contributed by atoms with van der Waals surface area (Å²) in [6.45, 7) is 1.77. The molecular weight excluding hydrogens is 410 g/mol. The fraction of sp³-hybridized carbons (Fsp3) is 0.538. The first-order valence-corrected chi connectivity index (χ1v) is 9.17. The molecular formula is C13H19BrClN3O4S. The van der Waals surface area contributed by atoms with Crippen LogP contribution in [0.3, 0.4) is 0 Å². The van der Waals surface area contributed by atoms with Gasteiger partial charge in [-0.15, -0.1) is 12.4 Å². The number of hydrogen-bond donors (Lipinski definition) is 2. The van der Waals surface area contributed by atoms with Gasteiger partial charge in [-0.2, -0.15) is 0 Å². The lowest BCUT2D eigenvalue weighted by Gasteiger charge is -2.28. The molecule has 0 atom stereocenters. The maximum atomic E-state index is 12.6. The summed E-state index contributed by atoms with van der Waals surface area (Å²) < 4.78 is 28.2. The molecule has 7 nitrogen and oxygen atoms in total. The molecule has 0 heterocycles. The molecule has 0 amide bonds. The molecule has 1 fully saturated rings. The molecule has 0 bridgehead atoms. The summed E-state index contributed by atoms with van der Waals surface area (Å²) in [7, 11) is -3.87. The van der Waals surface area contributed by atoms with Crippen molar-refractivity contribution in [2.75, 3.05) is 6.54 Å². The quantitative estimate of drug-likeness (QED) is 0.552. The van der Waals surface area contributed by atoms with Gasteiger partial charge >= 0.3 is 0 Å². The van der Waals surface area contributed by atoms with E-state index in [2.05, 4.69) is 20.7 Å². The van der Waals surface area contributed by atoms with E-state index in [0.29, 0.717) is 22.9 Å². The van der Waals surface area contributed by atoms with Crippen molar-refractivity contribution in [3.05, 3.63) is 32.3 Å². The van der Waals surface area contributed by atoms with Crippen molar-refractivity contribution in [2.45, 2.75) is 43.0 Å². The summed E-state index contributed by atoms with van der Waals surface area (Å²) in [5, 5.41) is 11.1. The maximum absolute atomic E-state index is 12.6. The number of hydrogen-bond acceptors (Lipinski definition) is 5. The summed E-state index contributed by atoms with van der Waals surface area (Å²) in [5.41, 5.74) is 5.25. The minimum absolute atomic E-state index is 0. The van der Waals surface area contributed by atoms with Crippen LogP contribution in [-0.4, -0.2) is 25.4 Å². The van der Waals surface area contributed by atoms with Crippen molar-refractivity contribution in [3.8, 4) is 0 Å². The molecule has 2 rings (SSSR count). The number of nitrogens with zero attached hydrogens (tertiary/aromatic N) is 1. The van der Waals surface area contributed by atoms with Crippen LogP contribution in [0.2, 0.25) is 0 Å². The second-order valence-electron chi connectivity index (χ2n) is 5.60. The van der Waals surface area contributed by atoms with E-state index < -0.39 is 20.5 Å². The van der Waals surface area contributed by atoms with Crippen LogP contribution in [-0.2, 0) is 10.0 Å². The largest absolute Gasteiger partial charge is 0.329 e. The Kier molecular flexibility index (Phi) is 6.56. The van der Waals surface area contributed by atoms with Crippen LogP contribution in [0.4, 0.5) is 5.69 Å². The van der Waals surface area contributed by atoms with Crippen LogP contribution in [0.1, 0.15) is 31.2 Å². The van der Waals surface area contributed by atoms with E-state index in [9.17, 15) is 18.5 Å². The molecule has 1 saturated carbocycles. The minimum Gasteiger partial charge on any atom is -0.329 e. The first kappa shape index (κ1) is 20.3. The first-order chi connectivity index (χ1) is 10.2. The molecule has 3 N–H and O–H groups in total. The number of halogens is 2. The average molecular weight is 429 g/mol. The Balaban J connectivity index is 0.00000264. The third-order valence-corrected chi connectivity index (χ3v) is 6.48. The lowest BCUT2D eigenvalue weighted by molar-refractivity contribution is -0.385. The Hall–Kier alpha value is -0.740. The Morgan fingerprint density at radius 3 is 2.43 bits per heavy atom. The van der Waals surface area contributed by atoms with Gasteiger partial charge in [-0.3, -0.25) is 10.1 Å². The third kappa shape index (κ3) is 4.21. The van der Waals surface area contributed by atoms with Crippen molar-refractivity contribution in [2.24, 2.45) is 5.73 Å². The molecule has 1 aromatic rings. The van der Waals surface area contributed by atoms with Gasteiger partial charge in [-0.25, -0.2) is 13.1 Å². The zero-order chi connectivity index (χ0) is 16.5. The molecule has 0 aromatic heterocycles. The smallest absolute Gasteiger partial charge is 0.274 e. The number of nitro benzene ring substituents is 1. The Morgan fingerprint density at radius 2 is 1.96 bits per heavy atom. The van der Waals surface area contributed by atoms with E-state index in [-0.39, 0.29) is 29.5 Å². The second-order valence-corrected chi connectivity index (χ2v) is 8.14. The topological polar surface area (TPSA) is 115 Å². The molecule has 0 aliphatic heterocycles. The predicted molar refractivity (Wildman–Crippen MR) is 93.4 cm³/mol. The normalized spacial score (nSPS) is 16.8. The van der Waals surface area contributed by atoms with E-state index in [4.69, 9.17) is 5.73 Å². The molecule has 0 unspecified atom stereocenters. The number of benzene rings is 1. The summed E-state index contributed by atoms with van der Waals surface area (Å²) in [5.74, 6) is 0. The molecule has 10 heteroatoms. The summed E-state index contributed by atoms with van der Waals surface area (Å²) in [6, 6.07) is 2.46.